The van der Waals surface area contributed by atoms with Crippen LogP contribution >= 0.6 is 0 Å². The number of rotatable bonds is 5. The van der Waals surface area contributed by atoms with E-state index in [0.717, 1.165) is 13.1 Å². The van der Waals surface area contributed by atoms with Crippen molar-refractivity contribution in [3.8, 4) is 0 Å². The van der Waals surface area contributed by atoms with Crippen LogP contribution in [0.4, 0.5) is 0 Å². The maximum absolute atomic E-state index is 12.0. The van der Waals surface area contributed by atoms with Crippen LogP contribution in [0.5, 0.6) is 0 Å². The normalized spacial score (nSPS) is 24.2. The van der Waals surface area contributed by atoms with Crippen LogP contribution in [0.15, 0.2) is 0 Å². The Morgan fingerprint density at radius 3 is 2.29 bits per heavy atom. The molecule has 21 heavy (non-hydrogen) atoms. The quantitative estimate of drug-likeness (QED) is 0.818. The fourth-order valence-electron chi connectivity index (χ4n) is 4.12. The van der Waals surface area contributed by atoms with Gasteiger partial charge in [0.15, 0.2) is 0 Å². The molecule has 1 unspecified atom stereocenters. The molecule has 1 aliphatic heterocycles. The third-order valence-corrected chi connectivity index (χ3v) is 5.43. The lowest BCUT2D eigenvalue weighted by molar-refractivity contribution is -0.123. The molecule has 0 aromatic rings. The number of amides is 1. The third kappa shape index (κ3) is 4.68. The summed E-state index contributed by atoms with van der Waals surface area (Å²) < 4.78 is 0. The Bertz CT molecular complexity index is 327. The number of carbonyl (C=O) groups excluding carboxylic acids is 1. The smallest absolute Gasteiger partial charge is 0.221 e. The standard InChI is InChI=1S/C17H33N3O/c1-14(2)19-16(21)12-15(13-18)20-10-8-17(9-11-20)6-4-3-5-7-17/h14-15H,3-13,18H2,1-2H3,(H,19,21). The number of piperidine rings is 1. The van der Waals surface area contributed by atoms with Gasteiger partial charge in [0.25, 0.3) is 0 Å². The molecular formula is C17H33N3O. The molecule has 0 bridgehead atoms. The highest BCUT2D eigenvalue weighted by Gasteiger charge is 2.37. The van der Waals surface area contributed by atoms with Gasteiger partial charge in [-0.15, -0.1) is 0 Å². The fourth-order valence-corrected chi connectivity index (χ4v) is 4.12. The predicted molar refractivity (Wildman–Crippen MR) is 87.1 cm³/mol. The number of nitrogens with zero attached hydrogens (tertiary/aromatic N) is 1. The molecule has 2 fully saturated rings. The highest BCUT2D eigenvalue weighted by molar-refractivity contribution is 5.76. The average Bonchev–Trinajstić information content (AvgIpc) is 2.46. The number of carbonyl (C=O) groups is 1. The number of hydrogen-bond acceptors (Lipinski definition) is 3. The summed E-state index contributed by atoms with van der Waals surface area (Å²) in [6.45, 7) is 6.83. The first kappa shape index (κ1) is 16.8. The molecule has 2 rings (SSSR count). The average molecular weight is 295 g/mol. The van der Waals surface area contributed by atoms with Gasteiger partial charge in [0.1, 0.15) is 0 Å². The Morgan fingerprint density at radius 2 is 1.76 bits per heavy atom. The summed E-state index contributed by atoms with van der Waals surface area (Å²) in [5, 5.41) is 2.98. The van der Waals surface area contributed by atoms with Crippen molar-refractivity contribution in [2.75, 3.05) is 19.6 Å². The number of hydrogen-bond donors (Lipinski definition) is 2. The van der Waals surface area contributed by atoms with Gasteiger partial charge < -0.3 is 11.1 Å². The van der Waals surface area contributed by atoms with Crippen molar-refractivity contribution in [2.24, 2.45) is 11.1 Å². The molecule has 1 atom stereocenters. The van der Waals surface area contributed by atoms with E-state index in [9.17, 15) is 4.79 Å². The van der Waals surface area contributed by atoms with Gasteiger partial charge in [-0.2, -0.15) is 0 Å². The van der Waals surface area contributed by atoms with E-state index < -0.39 is 0 Å². The summed E-state index contributed by atoms with van der Waals surface area (Å²) in [6.07, 6.45) is 10.2. The van der Waals surface area contributed by atoms with Crippen LogP contribution in [0.25, 0.3) is 0 Å². The minimum atomic E-state index is 0.137. The van der Waals surface area contributed by atoms with Crippen molar-refractivity contribution in [1.82, 2.24) is 10.2 Å². The van der Waals surface area contributed by atoms with E-state index in [1.807, 2.05) is 13.8 Å². The molecule has 1 aliphatic carbocycles. The number of nitrogens with one attached hydrogen (secondary N) is 1. The molecule has 0 aromatic heterocycles. The predicted octanol–water partition coefficient (Wildman–Crippen LogP) is 2.27. The molecular weight excluding hydrogens is 262 g/mol. The lowest BCUT2D eigenvalue weighted by Crippen LogP contribution is -2.50. The van der Waals surface area contributed by atoms with Crippen LogP contribution in [0.1, 0.15) is 65.2 Å². The van der Waals surface area contributed by atoms with Crippen LogP contribution in [-0.2, 0) is 4.79 Å². The minimum Gasteiger partial charge on any atom is -0.354 e. The lowest BCUT2D eigenvalue weighted by atomic mass is 9.68. The topological polar surface area (TPSA) is 58.4 Å². The number of nitrogens with two attached hydrogens (primary N) is 1. The molecule has 1 heterocycles. The first-order valence-electron chi connectivity index (χ1n) is 8.78. The Hall–Kier alpha value is -0.610. The van der Waals surface area contributed by atoms with Gasteiger partial charge >= 0.3 is 0 Å². The van der Waals surface area contributed by atoms with E-state index in [1.54, 1.807) is 0 Å². The molecule has 122 valence electrons. The first-order chi connectivity index (χ1) is 10.0. The van der Waals surface area contributed by atoms with E-state index >= 15 is 0 Å². The van der Waals surface area contributed by atoms with Gasteiger partial charge in [-0.25, -0.2) is 0 Å². The Morgan fingerprint density at radius 1 is 1.14 bits per heavy atom. The van der Waals surface area contributed by atoms with E-state index in [-0.39, 0.29) is 18.0 Å². The van der Waals surface area contributed by atoms with E-state index in [2.05, 4.69) is 10.2 Å². The second-order valence-electron chi connectivity index (χ2n) is 7.41. The second kappa shape index (κ2) is 7.59. The highest BCUT2D eigenvalue weighted by atomic mass is 16.1. The summed E-state index contributed by atoms with van der Waals surface area (Å²) >= 11 is 0. The molecule has 3 N–H and O–H groups in total. The van der Waals surface area contributed by atoms with E-state index in [0.29, 0.717) is 18.4 Å². The van der Waals surface area contributed by atoms with Crippen molar-refractivity contribution in [1.29, 1.82) is 0 Å². The van der Waals surface area contributed by atoms with Gasteiger partial charge in [-0.05, 0) is 58.0 Å². The summed E-state index contributed by atoms with van der Waals surface area (Å²) in [5.41, 5.74) is 6.55. The zero-order valence-electron chi connectivity index (χ0n) is 13.9. The van der Waals surface area contributed by atoms with E-state index in [4.69, 9.17) is 5.73 Å². The molecule has 1 amide bonds. The molecule has 4 heteroatoms. The van der Waals surface area contributed by atoms with Gasteiger partial charge in [0, 0.05) is 25.0 Å². The van der Waals surface area contributed by atoms with Gasteiger partial charge in [0.2, 0.25) is 5.91 Å². The second-order valence-corrected chi connectivity index (χ2v) is 7.41. The highest BCUT2D eigenvalue weighted by Crippen LogP contribution is 2.44. The molecule has 0 aromatic carbocycles. The van der Waals surface area contributed by atoms with Crippen LogP contribution in [0.2, 0.25) is 0 Å². The van der Waals surface area contributed by atoms with Crippen LogP contribution in [0, 0.1) is 5.41 Å². The third-order valence-electron chi connectivity index (χ3n) is 5.43. The zero-order valence-corrected chi connectivity index (χ0v) is 13.9. The number of likely N-dealkylation sites (tertiary alicyclic amines) is 1. The minimum absolute atomic E-state index is 0.137. The Balaban J connectivity index is 1.82. The maximum Gasteiger partial charge on any atom is 0.221 e. The summed E-state index contributed by atoms with van der Waals surface area (Å²) in [6, 6.07) is 0.424. The molecule has 4 nitrogen and oxygen atoms in total. The summed E-state index contributed by atoms with van der Waals surface area (Å²) in [5.74, 6) is 0.137. The van der Waals surface area contributed by atoms with Crippen LogP contribution in [-0.4, -0.2) is 42.5 Å². The molecule has 1 spiro atoms. The zero-order chi connectivity index (χ0) is 15.3. The van der Waals surface area contributed by atoms with Crippen molar-refractivity contribution < 1.29 is 4.79 Å². The summed E-state index contributed by atoms with van der Waals surface area (Å²) in [4.78, 5) is 14.4. The maximum atomic E-state index is 12.0. The molecule has 1 saturated carbocycles. The monoisotopic (exact) mass is 295 g/mol. The summed E-state index contributed by atoms with van der Waals surface area (Å²) in [7, 11) is 0. The molecule has 1 saturated heterocycles. The SMILES string of the molecule is CC(C)NC(=O)CC(CN)N1CCC2(CCCCC2)CC1. The van der Waals surface area contributed by atoms with E-state index in [1.165, 1.54) is 44.9 Å². The van der Waals surface area contributed by atoms with Crippen LogP contribution in [0.3, 0.4) is 0 Å². The van der Waals surface area contributed by atoms with Crippen molar-refractivity contribution >= 4 is 5.91 Å². The Labute approximate surface area is 129 Å². The largest absolute Gasteiger partial charge is 0.354 e. The van der Waals surface area contributed by atoms with Crippen LogP contribution < -0.4 is 11.1 Å². The molecule has 0 radical (unpaired) electrons. The van der Waals surface area contributed by atoms with Crippen molar-refractivity contribution in [3.63, 3.8) is 0 Å². The molecule has 2 aliphatic rings. The van der Waals surface area contributed by atoms with Crippen molar-refractivity contribution in [3.05, 3.63) is 0 Å². The van der Waals surface area contributed by atoms with Gasteiger partial charge in [-0.1, -0.05) is 19.3 Å². The van der Waals surface area contributed by atoms with Gasteiger partial charge in [0.05, 0.1) is 0 Å². The Kier molecular flexibility index (Phi) is 6.06. The fraction of sp³-hybridized carbons (Fsp3) is 0.941. The first-order valence-corrected chi connectivity index (χ1v) is 8.78. The van der Waals surface area contributed by atoms with Gasteiger partial charge in [-0.3, -0.25) is 9.69 Å². The van der Waals surface area contributed by atoms with Crippen molar-refractivity contribution in [2.45, 2.75) is 77.3 Å². The lowest BCUT2D eigenvalue weighted by Gasteiger charge is -2.46.